The summed E-state index contributed by atoms with van der Waals surface area (Å²) in [5.41, 5.74) is 1.75. The van der Waals surface area contributed by atoms with Crippen molar-refractivity contribution in [3.8, 4) is 11.4 Å². The number of nitrogens with zero attached hydrogens (tertiary/aromatic N) is 4. The van der Waals surface area contributed by atoms with Crippen molar-refractivity contribution in [1.82, 2.24) is 20.0 Å². The number of rotatable bonds is 7. The van der Waals surface area contributed by atoms with Gasteiger partial charge < -0.3 is 9.42 Å². The molecular weight excluding hydrogens is 347 g/mol. The molecular formula is C20H19FN4O2. The third kappa shape index (κ3) is 4.36. The van der Waals surface area contributed by atoms with Crippen molar-refractivity contribution in [3.63, 3.8) is 0 Å². The van der Waals surface area contributed by atoms with E-state index in [2.05, 4.69) is 15.1 Å². The van der Waals surface area contributed by atoms with Gasteiger partial charge in [-0.15, -0.1) is 0 Å². The summed E-state index contributed by atoms with van der Waals surface area (Å²) >= 11 is 0. The number of aryl methyl sites for hydroxylation is 1. The molecule has 0 spiro atoms. The number of carbonyl (C=O) groups is 1. The monoisotopic (exact) mass is 366 g/mol. The van der Waals surface area contributed by atoms with E-state index in [1.165, 1.54) is 12.1 Å². The van der Waals surface area contributed by atoms with Gasteiger partial charge in [0.1, 0.15) is 5.82 Å². The lowest BCUT2D eigenvalue weighted by molar-refractivity contribution is -0.132. The Labute approximate surface area is 156 Å². The fraction of sp³-hybridized carbons (Fsp3) is 0.300. The van der Waals surface area contributed by atoms with E-state index in [1.807, 2.05) is 4.90 Å². The van der Waals surface area contributed by atoms with Crippen LogP contribution in [0.4, 0.5) is 4.39 Å². The molecule has 1 aromatic carbocycles. The molecule has 0 atom stereocenters. The molecule has 6 nitrogen and oxygen atoms in total. The van der Waals surface area contributed by atoms with E-state index in [1.54, 1.807) is 36.7 Å². The Bertz CT molecular complexity index is 907. The quantitative estimate of drug-likeness (QED) is 0.641. The maximum absolute atomic E-state index is 13.1. The average Bonchev–Trinajstić information content (AvgIpc) is 3.43. The summed E-state index contributed by atoms with van der Waals surface area (Å²) in [5, 5.41) is 3.96. The van der Waals surface area contributed by atoms with E-state index in [0.29, 0.717) is 31.1 Å². The van der Waals surface area contributed by atoms with Crippen LogP contribution in [0.5, 0.6) is 0 Å². The first-order valence-electron chi connectivity index (χ1n) is 8.96. The Morgan fingerprint density at radius 1 is 1.15 bits per heavy atom. The maximum atomic E-state index is 13.1. The molecule has 27 heavy (non-hydrogen) atoms. The standard InChI is InChI=1S/C20H19FN4O2/c21-16-3-1-14(2-4-16)13-25(17-5-6-17)19(26)8-7-18-23-20(24-27-18)15-9-11-22-12-10-15/h1-4,9-12,17H,5-8,13H2. The minimum Gasteiger partial charge on any atom is -0.339 e. The minimum atomic E-state index is -0.274. The van der Waals surface area contributed by atoms with Crippen molar-refractivity contribution in [1.29, 1.82) is 0 Å². The van der Waals surface area contributed by atoms with Crippen LogP contribution in [0.25, 0.3) is 11.4 Å². The van der Waals surface area contributed by atoms with Crippen molar-refractivity contribution in [2.24, 2.45) is 0 Å². The Morgan fingerprint density at radius 3 is 2.59 bits per heavy atom. The van der Waals surface area contributed by atoms with Gasteiger partial charge in [0, 0.05) is 43.4 Å². The number of aromatic nitrogens is 3. The molecule has 4 rings (SSSR count). The molecule has 3 aromatic rings. The second-order valence-corrected chi connectivity index (χ2v) is 6.63. The van der Waals surface area contributed by atoms with Crippen LogP contribution in [-0.4, -0.2) is 32.0 Å². The van der Waals surface area contributed by atoms with Gasteiger partial charge in [0.15, 0.2) is 0 Å². The van der Waals surface area contributed by atoms with Gasteiger partial charge in [-0.3, -0.25) is 9.78 Å². The highest BCUT2D eigenvalue weighted by atomic mass is 19.1. The molecule has 0 radical (unpaired) electrons. The average molecular weight is 366 g/mol. The molecule has 0 N–H and O–H groups in total. The molecule has 0 unspecified atom stereocenters. The fourth-order valence-corrected chi connectivity index (χ4v) is 2.93. The zero-order valence-electron chi connectivity index (χ0n) is 14.7. The predicted molar refractivity (Wildman–Crippen MR) is 95.8 cm³/mol. The lowest BCUT2D eigenvalue weighted by Crippen LogP contribution is -2.32. The lowest BCUT2D eigenvalue weighted by Gasteiger charge is -2.22. The van der Waals surface area contributed by atoms with E-state index in [4.69, 9.17) is 4.52 Å². The fourth-order valence-electron chi connectivity index (χ4n) is 2.93. The largest absolute Gasteiger partial charge is 0.339 e. The van der Waals surface area contributed by atoms with Gasteiger partial charge in [-0.05, 0) is 42.7 Å². The number of hydrogen-bond acceptors (Lipinski definition) is 5. The number of halogens is 1. The molecule has 1 saturated carbocycles. The Hall–Kier alpha value is -3.09. The Kier molecular flexibility index (Phi) is 4.91. The maximum Gasteiger partial charge on any atom is 0.227 e. The van der Waals surface area contributed by atoms with Crippen LogP contribution in [0, 0.1) is 5.82 Å². The molecule has 1 aliphatic rings. The van der Waals surface area contributed by atoms with Crippen molar-refractivity contribution < 1.29 is 13.7 Å². The summed E-state index contributed by atoms with van der Waals surface area (Å²) < 4.78 is 18.3. The first-order valence-corrected chi connectivity index (χ1v) is 8.96. The highest BCUT2D eigenvalue weighted by molar-refractivity contribution is 5.77. The summed E-state index contributed by atoms with van der Waals surface area (Å²) in [4.78, 5) is 22.9. The molecule has 1 fully saturated rings. The number of pyridine rings is 1. The molecule has 7 heteroatoms. The van der Waals surface area contributed by atoms with Crippen LogP contribution in [-0.2, 0) is 17.8 Å². The topological polar surface area (TPSA) is 72.1 Å². The van der Waals surface area contributed by atoms with Crippen LogP contribution >= 0.6 is 0 Å². The normalized spacial score (nSPS) is 13.5. The third-order valence-corrected chi connectivity index (χ3v) is 4.53. The van der Waals surface area contributed by atoms with E-state index in [0.717, 1.165) is 24.0 Å². The van der Waals surface area contributed by atoms with Crippen molar-refractivity contribution >= 4 is 5.91 Å². The molecule has 1 amide bonds. The van der Waals surface area contributed by atoms with Gasteiger partial charge >= 0.3 is 0 Å². The highest BCUT2D eigenvalue weighted by Gasteiger charge is 2.32. The van der Waals surface area contributed by atoms with Gasteiger partial charge in [0.25, 0.3) is 0 Å². The minimum absolute atomic E-state index is 0.0467. The van der Waals surface area contributed by atoms with E-state index < -0.39 is 0 Å². The van der Waals surface area contributed by atoms with Gasteiger partial charge in [-0.25, -0.2) is 4.39 Å². The summed E-state index contributed by atoms with van der Waals surface area (Å²) in [7, 11) is 0. The molecule has 2 heterocycles. The molecule has 0 aliphatic heterocycles. The van der Waals surface area contributed by atoms with Crippen LogP contribution in [0.15, 0.2) is 53.3 Å². The van der Waals surface area contributed by atoms with E-state index >= 15 is 0 Å². The molecule has 138 valence electrons. The number of benzene rings is 1. The lowest BCUT2D eigenvalue weighted by atomic mass is 10.2. The molecule has 0 saturated heterocycles. The first-order chi connectivity index (χ1) is 13.2. The zero-order chi connectivity index (χ0) is 18.6. The highest BCUT2D eigenvalue weighted by Crippen LogP contribution is 2.29. The van der Waals surface area contributed by atoms with E-state index in [9.17, 15) is 9.18 Å². The van der Waals surface area contributed by atoms with Crippen LogP contribution in [0.2, 0.25) is 0 Å². The zero-order valence-corrected chi connectivity index (χ0v) is 14.7. The summed E-state index contributed by atoms with van der Waals surface area (Å²) in [6.45, 7) is 0.496. The van der Waals surface area contributed by atoms with E-state index in [-0.39, 0.29) is 17.8 Å². The van der Waals surface area contributed by atoms with Gasteiger partial charge in [0.2, 0.25) is 17.6 Å². The smallest absolute Gasteiger partial charge is 0.227 e. The van der Waals surface area contributed by atoms with Crippen LogP contribution in [0.3, 0.4) is 0 Å². The van der Waals surface area contributed by atoms with Crippen LogP contribution < -0.4 is 0 Å². The SMILES string of the molecule is O=C(CCc1nc(-c2ccncc2)no1)N(Cc1ccc(F)cc1)C1CC1. The number of carbonyl (C=O) groups excluding carboxylic acids is 1. The summed E-state index contributed by atoms with van der Waals surface area (Å²) in [6.07, 6.45) is 6.05. The van der Waals surface area contributed by atoms with Gasteiger partial charge in [0.05, 0.1) is 0 Å². The van der Waals surface area contributed by atoms with Crippen LogP contribution in [0.1, 0.15) is 30.7 Å². The number of hydrogen-bond donors (Lipinski definition) is 0. The molecule has 0 bridgehead atoms. The predicted octanol–water partition coefficient (Wildman–Crippen LogP) is 3.39. The number of amides is 1. The van der Waals surface area contributed by atoms with Gasteiger partial charge in [-0.2, -0.15) is 4.98 Å². The Balaban J connectivity index is 1.37. The third-order valence-electron chi connectivity index (χ3n) is 4.53. The summed E-state index contributed by atoms with van der Waals surface area (Å²) in [6, 6.07) is 10.2. The summed E-state index contributed by atoms with van der Waals surface area (Å²) in [5.74, 6) is 0.702. The first kappa shape index (κ1) is 17.3. The van der Waals surface area contributed by atoms with Crippen molar-refractivity contribution in [3.05, 3.63) is 66.1 Å². The second-order valence-electron chi connectivity index (χ2n) is 6.63. The molecule has 2 aromatic heterocycles. The van der Waals surface area contributed by atoms with Crippen molar-refractivity contribution in [2.45, 2.75) is 38.3 Å². The Morgan fingerprint density at radius 2 is 1.89 bits per heavy atom. The van der Waals surface area contributed by atoms with Crippen molar-refractivity contribution in [2.75, 3.05) is 0 Å². The molecule has 1 aliphatic carbocycles. The van der Waals surface area contributed by atoms with Gasteiger partial charge in [-0.1, -0.05) is 17.3 Å². The second kappa shape index (κ2) is 7.65.